The van der Waals surface area contributed by atoms with E-state index in [-0.39, 0.29) is 6.04 Å². The summed E-state index contributed by atoms with van der Waals surface area (Å²) in [5, 5.41) is 1.15. The fourth-order valence-electron chi connectivity index (χ4n) is 2.35. The summed E-state index contributed by atoms with van der Waals surface area (Å²) in [4.78, 5) is 5.69. The smallest absolute Gasteiger partial charge is 0.0705 e. The molecule has 3 nitrogen and oxygen atoms in total. The van der Waals surface area contributed by atoms with Crippen molar-refractivity contribution in [1.29, 1.82) is 0 Å². The number of nitrogens with zero attached hydrogens (tertiary/aromatic N) is 1. The van der Waals surface area contributed by atoms with Gasteiger partial charge in [-0.25, -0.2) is 0 Å². The second-order valence-electron chi connectivity index (χ2n) is 4.55. The Balaban J connectivity index is 1.98. The number of aromatic nitrogens is 1. The quantitative estimate of drug-likeness (QED) is 0.557. The first-order chi connectivity index (χ1) is 9.78. The standard InChI is InChI=1S/C15H14BrN3S/c16-15-7-6-10(20-15)9-14(19-17)12-3-1-5-13-11(12)4-2-8-18-13/h1-8,14,19H,9,17H2. The first-order valence-electron chi connectivity index (χ1n) is 6.32. The van der Waals surface area contributed by atoms with Crippen molar-refractivity contribution in [2.45, 2.75) is 12.5 Å². The van der Waals surface area contributed by atoms with Gasteiger partial charge in [-0.2, -0.15) is 0 Å². The summed E-state index contributed by atoms with van der Waals surface area (Å²) in [5.74, 6) is 5.77. The molecule has 2 heterocycles. The van der Waals surface area contributed by atoms with Gasteiger partial charge in [-0.1, -0.05) is 18.2 Å². The molecule has 0 spiro atoms. The highest BCUT2D eigenvalue weighted by molar-refractivity contribution is 9.11. The van der Waals surface area contributed by atoms with Crippen LogP contribution in [0.25, 0.3) is 10.9 Å². The number of nitrogens with two attached hydrogens (primary N) is 1. The van der Waals surface area contributed by atoms with Gasteiger partial charge < -0.3 is 0 Å². The minimum atomic E-state index is 0.0773. The van der Waals surface area contributed by atoms with E-state index in [2.05, 4.69) is 50.6 Å². The molecule has 1 aromatic carbocycles. The summed E-state index contributed by atoms with van der Waals surface area (Å²) in [6.45, 7) is 0. The van der Waals surface area contributed by atoms with E-state index in [4.69, 9.17) is 5.84 Å². The second-order valence-corrected chi connectivity index (χ2v) is 7.09. The van der Waals surface area contributed by atoms with Crippen LogP contribution in [0.3, 0.4) is 0 Å². The SMILES string of the molecule is NNC(Cc1ccc(Br)s1)c1cccc2ncccc12. The molecule has 0 saturated carbocycles. The molecule has 5 heteroatoms. The molecule has 3 rings (SSSR count). The lowest BCUT2D eigenvalue weighted by atomic mass is 9.99. The van der Waals surface area contributed by atoms with Gasteiger partial charge in [-0.15, -0.1) is 11.3 Å². The van der Waals surface area contributed by atoms with Crippen LogP contribution >= 0.6 is 27.3 Å². The number of benzene rings is 1. The van der Waals surface area contributed by atoms with E-state index in [9.17, 15) is 0 Å². The predicted molar refractivity (Wildman–Crippen MR) is 87.5 cm³/mol. The van der Waals surface area contributed by atoms with Crippen LogP contribution in [0.1, 0.15) is 16.5 Å². The van der Waals surface area contributed by atoms with Crippen molar-refractivity contribution >= 4 is 38.2 Å². The average Bonchev–Trinajstić information content (AvgIpc) is 2.89. The maximum Gasteiger partial charge on any atom is 0.0705 e. The number of hydrogen-bond donors (Lipinski definition) is 2. The fraction of sp³-hybridized carbons (Fsp3) is 0.133. The predicted octanol–water partition coefficient (Wildman–Crippen LogP) is 3.81. The Bertz CT molecular complexity index is 720. The summed E-state index contributed by atoms with van der Waals surface area (Å²) < 4.78 is 1.14. The van der Waals surface area contributed by atoms with Crippen molar-refractivity contribution in [3.8, 4) is 0 Å². The highest BCUT2D eigenvalue weighted by Crippen LogP contribution is 2.29. The lowest BCUT2D eigenvalue weighted by Gasteiger charge is -2.17. The van der Waals surface area contributed by atoms with Crippen molar-refractivity contribution in [2.24, 2.45) is 5.84 Å². The highest BCUT2D eigenvalue weighted by Gasteiger charge is 2.14. The zero-order valence-electron chi connectivity index (χ0n) is 10.7. The fourth-order valence-corrected chi connectivity index (χ4v) is 3.88. The Morgan fingerprint density at radius 2 is 2.10 bits per heavy atom. The number of nitrogens with one attached hydrogen (secondary N) is 1. The van der Waals surface area contributed by atoms with E-state index in [1.165, 1.54) is 10.4 Å². The van der Waals surface area contributed by atoms with Gasteiger partial charge in [-0.05, 0) is 45.8 Å². The Labute approximate surface area is 129 Å². The lowest BCUT2D eigenvalue weighted by molar-refractivity contribution is 0.559. The molecule has 0 aliphatic rings. The van der Waals surface area contributed by atoms with Crippen molar-refractivity contribution < 1.29 is 0 Å². The lowest BCUT2D eigenvalue weighted by Crippen LogP contribution is -2.29. The summed E-state index contributed by atoms with van der Waals surface area (Å²) in [5.41, 5.74) is 5.11. The van der Waals surface area contributed by atoms with Crippen LogP contribution in [-0.4, -0.2) is 4.98 Å². The van der Waals surface area contributed by atoms with Gasteiger partial charge in [-0.3, -0.25) is 16.3 Å². The molecule has 102 valence electrons. The van der Waals surface area contributed by atoms with Crippen LogP contribution in [0.5, 0.6) is 0 Å². The third-order valence-electron chi connectivity index (χ3n) is 3.29. The molecule has 0 aliphatic carbocycles. The van der Waals surface area contributed by atoms with E-state index in [1.807, 2.05) is 24.4 Å². The minimum absolute atomic E-state index is 0.0773. The maximum atomic E-state index is 5.77. The van der Waals surface area contributed by atoms with E-state index >= 15 is 0 Å². The van der Waals surface area contributed by atoms with E-state index in [0.717, 1.165) is 21.1 Å². The van der Waals surface area contributed by atoms with E-state index in [1.54, 1.807) is 11.3 Å². The molecular formula is C15H14BrN3S. The van der Waals surface area contributed by atoms with Crippen LogP contribution in [0, 0.1) is 0 Å². The number of hydrazine groups is 1. The van der Waals surface area contributed by atoms with Gasteiger partial charge in [0.25, 0.3) is 0 Å². The average molecular weight is 348 g/mol. The minimum Gasteiger partial charge on any atom is -0.271 e. The first-order valence-corrected chi connectivity index (χ1v) is 7.93. The molecule has 2 aromatic heterocycles. The third kappa shape index (κ3) is 2.76. The molecule has 20 heavy (non-hydrogen) atoms. The highest BCUT2D eigenvalue weighted by atomic mass is 79.9. The van der Waals surface area contributed by atoms with Crippen LogP contribution in [0.15, 0.2) is 52.4 Å². The molecule has 0 saturated heterocycles. The van der Waals surface area contributed by atoms with Crippen LogP contribution in [0.2, 0.25) is 0 Å². The van der Waals surface area contributed by atoms with E-state index < -0.39 is 0 Å². The number of pyridine rings is 1. The summed E-state index contributed by atoms with van der Waals surface area (Å²) in [6.07, 6.45) is 2.67. The van der Waals surface area contributed by atoms with Gasteiger partial charge in [0, 0.05) is 22.9 Å². The number of halogens is 1. The molecule has 0 radical (unpaired) electrons. The molecule has 3 N–H and O–H groups in total. The number of rotatable bonds is 4. The van der Waals surface area contributed by atoms with Crippen LogP contribution in [-0.2, 0) is 6.42 Å². The Hall–Kier alpha value is -1.27. The van der Waals surface area contributed by atoms with Crippen molar-refractivity contribution in [1.82, 2.24) is 10.4 Å². The summed E-state index contributed by atoms with van der Waals surface area (Å²) in [6, 6.07) is 14.5. The summed E-state index contributed by atoms with van der Waals surface area (Å²) >= 11 is 5.23. The van der Waals surface area contributed by atoms with Crippen molar-refractivity contribution in [3.63, 3.8) is 0 Å². The van der Waals surface area contributed by atoms with Crippen LogP contribution in [0.4, 0.5) is 0 Å². The largest absolute Gasteiger partial charge is 0.271 e. The third-order valence-corrected chi connectivity index (χ3v) is 4.94. The Morgan fingerprint density at radius 1 is 1.20 bits per heavy atom. The Kier molecular flexibility index (Phi) is 4.12. The molecule has 0 amide bonds. The number of fused-ring (bicyclic) bond motifs is 1. The van der Waals surface area contributed by atoms with Gasteiger partial charge >= 0.3 is 0 Å². The van der Waals surface area contributed by atoms with Gasteiger partial charge in [0.05, 0.1) is 15.3 Å². The normalized spacial score (nSPS) is 12.7. The van der Waals surface area contributed by atoms with E-state index in [0.29, 0.717) is 0 Å². The zero-order valence-corrected chi connectivity index (χ0v) is 13.1. The topological polar surface area (TPSA) is 50.9 Å². The molecule has 1 atom stereocenters. The molecule has 0 fully saturated rings. The molecule has 1 unspecified atom stereocenters. The second kappa shape index (κ2) is 6.01. The molecular weight excluding hydrogens is 334 g/mol. The zero-order chi connectivity index (χ0) is 13.9. The number of hydrogen-bond acceptors (Lipinski definition) is 4. The van der Waals surface area contributed by atoms with Crippen LogP contribution < -0.4 is 11.3 Å². The maximum absolute atomic E-state index is 5.77. The summed E-state index contributed by atoms with van der Waals surface area (Å²) in [7, 11) is 0. The first kappa shape index (κ1) is 13.7. The number of thiophene rings is 1. The van der Waals surface area contributed by atoms with Crippen molar-refractivity contribution in [2.75, 3.05) is 0 Å². The van der Waals surface area contributed by atoms with Gasteiger partial charge in [0.15, 0.2) is 0 Å². The van der Waals surface area contributed by atoms with Gasteiger partial charge in [0.2, 0.25) is 0 Å². The van der Waals surface area contributed by atoms with Gasteiger partial charge in [0.1, 0.15) is 0 Å². The Morgan fingerprint density at radius 3 is 2.85 bits per heavy atom. The molecule has 0 aliphatic heterocycles. The monoisotopic (exact) mass is 347 g/mol. The van der Waals surface area contributed by atoms with Crippen molar-refractivity contribution in [3.05, 3.63) is 62.9 Å². The molecule has 0 bridgehead atoms. The molecule has 3 aromatic rings.